The zero-order valence-electron chi connectivity index (χ0n) is 74.5. The molecule has 2 radical (unpaired) electrons. The van der Waals surface area contributed by atoms with E-state index in [4.69, 9.17) is 84.6 Å². The number of halogens is 4. The van der Waals surface area contributed by atoms with Crippen LogP contribution in [-0.4, -0.2) is 77.0 Å². The van der Waals surface area contributed by atoms with Crippen molar-refractivity contribution in [3.05, 3.63) is 359 Å². The van der Waals surface area contributed by atoms with Gasteiger partial charge in [0.15, 0.2) is 0 Å². The number of nitrogens with one attached hydrogen (secondary N) is 8. The molecule has 0 atom stereocenters. The third-order valence-electron chi connectivity index (χ3n) is 11.6. The van der Waals surface area contributed by atoms with Gasteiger partial charge in [-0.1, -0.05) is 267 Å². The summed E-state index contributed by atoms with van der Waals surface area (Å²) >= 11 is -0.691. The monoisotopic (exact) mass is 2200 g/mol. The van der Waals surface area contributed by atoms with Gasteiger partial charge in [0.25, 0.3) is 0 Å². The Bertz CT molecular complexity index is 2200. The van der Waals surface area contributed by atoms with E-state index in [1.54, 1.807) is 0 Å². The molecule has 0 aliphatic heterocycles. The molecule has 8 nitrogen and oxygen atoms in total. The van der Waals surface area contributed by atoms with Crippen molar-refractivity contribution in [1.82, 2.24) is 0 Å². The van der Waals surface area contributed by atoms with Crippen LogP contribution in [0.15, 0.2) is 243 Å². The molecule has 0 amide bonds. The molecule has 0 aromatic heterocycles. The average molecular weight is 2200 g/mol. The molecule has 21 heteroatoms. The Balaban J connectivity index is -0.0000000763. The van der Waals surface area contributed by atoms with E-state index in [1.165, 1.54) is 93.3 Å². The molecule has 8 aromatic carbocycles. The summed E-state index contributed by atoms with van der Waals surface area (Å²) in [5.41, 5.74) is 53.2. The first-order valence-corrected chi connectivity index (χ1v) is 55.3. The summed E-state index contributed by atoms with van der Waals surface area (Å²) in [4.78, 5) is 0. The molecule has 0 aliphatic carbocycles. The minimum atomic E-state index is -0.738. The van der Waals surface area contributed by atoms with Crippen LogP contribution in [0.3, 0.4) is 0 Å². The van der Waals surface area contributed by atoms with E-state index in [1.807, 2.05) is 0 Å². The number of hydrogen-bond donors (Lipinski definition) is 0. The fourth-order valence-corrected chi connectivity index (χ4v) is 17.1. The second kappa shape index (κ2) is 141. The number of rotatable bonds is 22. The Morgan fingerprint density at radius 2 is 0.308 bits per heavy atom. The Labute approximate surface area is 802 Å². The second-order valence-corrected chi connectivity index (χ2v) is 38.7. The molecule has 0 unspecified atom stereocenters. The van der Waals surface area contributed by atoms with Gasteiger partial charge in [0, 0.05) is 24.6 Å². The molecule has 0 aliphatic rings. The van der Waals surface area contributed by atoms with Gasteiger partial charge in [-0.15, -0.1) is 25.9 Å². The molecular formula is C96H164Cl4N8P4Ru5-6. The van der Waals surface area contributed by atoms with Gasteiger partial charge in [0.1, 0.15) is 0 Å². The van der Waals surface area contributed by atoms with Gasteiger partial charge >= 0.3 is 127 Å². The molecule has 8 aromatic rings. The van der Waals surface area contributed by atoms with Crippen molar-refractivity contribution in [2.45, 2.75) is 173 Å². The van der Waals surface area contributed by atoms with E-state index in [0.717, 1.165) is 63.7 Å². The Hall–Kier alpha value is -0.563. The molecule has 8 N–H and O–H groups in total. The van der Waals surface area contributed by atoms with Crippen molar-refractivity contribution in [3.8, 4) is 0 Å². The average Bonchev–Trinajstić information content (AvgIpc) is 0.881. The Morgan fingerprint density at radius 3 is 0.376 bits per heavy atom. The maximum absolute atomic E-state index is 7.46. The molecule has 0 fully saturated rings. The van der Waals surface area contributed by atoms with Crippen molar-refractivity contribution in [1.29, 1.82) is 0 Å². The normalized spacial score (nSPS) is 8.65. The summed E-state index contributed by atoms with van der Waals surface area (Å²) in [6.45, 7) is 57.8. The number of hydrogen-bond acceptors (Lipinski definition) is 0. The quantitative estimate of drug-likeness (QED) is 0.0355. The van der Waals surface area contributed by atoms with E-state index in [0.29, 0.717) is 52.4 Å². The van der Waals surface area contributed by atoms with Crippen LogP contribution in [0.25, 0.3) is 45.9 Å². The summed E-state index contributed by atoms with van der Waals surface area (Å²) in [6.07, 6.45) is 18.3. The van der Waals surface area contributed by atoms with Crippen molar-refractivity contribution < 1.29 is 88.7 Å². The third kappa shape index (κ3) is 115. The first-order valence-electron chi connectivity index (χ1n) is 39.5. The number of benzene rings is 8. The van der Waals surface area contributed by atoms with Crippen LogP contribution in [0.1, 0.15) is 173 Å². The summed E-state index contributed by atoms with van der Waals surface area (Å²) in [5, 5.41) is 11.6. The van der Waals surface area contributed by atoms with E-state index >= 15 is 0 Å². The van der Waals surface area contributed by atoms with Gasteiger partial charge in [-0.2, -0.15) is 39.3 Å². The molecule has 682 valence electrons. The van der Waals surface area contributed by atoms with Crippen LogP contribution >= 0.6 is 70.5 Å². The molecule has 0 saturated carbocycles. The fraction of sp³-hybridized carbons (Fsp3) is 0.396. The molecular weight excluding hydrogens is 2040 g/mol. The van der Waals surface area contributed by atoms with Crippen LogP contribution in [0, 0.1) is 70.2 Å². The van der Waals surface area contributed by atoms with Crippen LogP contribution in [-0.2, 0) is 88.7 Å². The summed E-state index contributed by atoms with van der Waals surface area (Å²) in [5.74, 6) is 0. The van der Waals surface area contributed by atoms with Crippen molar-refractivity contribution >= 4 is 113 Å². The third-order valence-corrected chi connectivity index (χ3v) is 23.1. The van der Waals surface area contributed by atoms with Crippen LogP contribution < -0.4 is 42.4 Å². The fourth-order valence-electron chi connectivity index (χ4n) is 7.54. The van der Waals surface area contributed by atoms with Gasteiger partial charge in [0.05, 0.1) is 74.1 Å². The van der Waals surface area contributed by atoms with Gasteiger partial charge < -0.3 is 116 Å². The zero-order valence-corrected chi connectivity index (χ0v) is 90.5. The molecule has 0 bridgehead atoms. The predicted octanol–water partition coefficient (Wildman–Crippen LogP) is 31.1. The first kappa shape index (κ1) is 151. The van der Waals surface area contributed by atoms with Gasteiger partial charge in [-0.25, -0.2) is 38.5 Å². The van der Waals surface area contributed by atoms with Crippen molar-refractivity contribution in [3.63, 3.8) is 0 Å². The first-order chi connectivity index (χ1) is 54.5. The SMILES string of the molecule is CCC.CCC.CCC.CCC.CCC.CCC.[CH2-]CC[NH-].[CH2-]CC[NH-].[CH2-]CC[NH-].[CH2-]CC[NH-].[CH2-]CC[NH-].[CH2-]CC[NH-].[CH2-]CC[PH+](c1ccccc1)c1ccccc1.[CH2-]CC[PH+](c1ccccc1)c1ccccc1.[CH3-].[CH3-].[Cl][Ru][Cl].[Cl][Ru][Cl].[NH-]CC[PH+](c1ccccc1)c1ccccc1.[NH-]CC[PH+](c1ccccc1)c1ccccc1.[Ru+3].[Ru+5].[RuH2]. The van der Waals surface area contributed by atoms with E-state index in [9.17, 15) is 0 Å². The minimum absolute atomic E-state index is 0. The van der Waals surface area contributed by atoms with Gasteiger partial charge in [-0.3, -0.25) is 0 Å². The summed E-state index contributed by atoms with van der Waals surface area (Å²) < 4.78 is 0. The molecule has 0 spiro atoms. The Kier molecular flexibility index (Phi) is 182. The van der Waals surface area contributed by atoms with Crippen molar-refractivity contribution in [2.24, 2.45) is 0 Å². The van der Waals surface area contributed by atoms with Crippen LogP contribution in [0.2, 0.25) is 0 Å². The van der Waals surface area contributed by atoms with E-state index < -0.39 is 31.7 Å². The Morgan fingerprint density at radius 1 is 0.222 bits per heavy atom. The topological polar surface area (TPSA) is 190 Å². The van der Waals surface area contributed by atoms with E-state index in [2.05, 4.69) is 381 Å². The zero-order chi connectivity index (χ0) is 87.0. The van der Waals surface area contributed by atoms with Crippen molar-refractivity contribution in [2.75, 3.05) is 77.0 Å². The molecule has 8 rings (SSSR count). The van der Waals surface area contributed by atoms with Gasteiger partial charge in [0.2, 0.25) is 0 Å². The summed E-state index contributed by atoms with van der Waals surface area (Å²) in [6, 6.07) is 85.8. The summed E-state index contributed by atoms with van der Waals surface area (Å²) in [7, 11) is 16.7. The van der Waals surface area contributed by atoms with E-state index in [-0.39, 0.29) is 104 Å². The van der Waals surface area contributed by atoms with Gasteiger partial charge in [-0.05, 0) is 97.1 Å². The molecule has 117 heavy (non-hydrogen) atoms. The van der Waals surface area contributed by atoms with Crippen LogP contribution in [0.5, 0.6) is 0 Å². The maximum atomic E-state index is 7.46. The van der Waals surface area contributed by atoms with Crippen LogP contribution in [0.4, 0.5) is 0 Å². The molecule has 0 heterocycles. The molecule has 0 saturated heterocycles. The predicted molar refractivity (Wildman–Crippen MR) is 549 cm³/mol. The standard InChI is InChI=1S/2C15H16P.2C14H15NP.6C3H7N.6C3H8.2CH3.4ClH.5Ru.2H/c2*1-2-13-16(14-9-5-3-6-10-14)15-11-7-4-8-12-15;2*15-11-12-16(13-7-3-1-4-8-13)14-9-5-2-6-10-14;6*1-2-3-4;6*1-3-2;;;;;;;;;;;;;/h2*3-12H,1-2,13H2;2*1-10,15H,11-12H2;6*4H,1-3H2;6*3H2,1-2H3;2*1H3;4*1H;;;;;;;/q4*-1;6*-2;;;;;;;2*-1;;;;;;2*+2;+3;+5;;. The second-order valence-electron chi connectivity index (χ2n) is 23.0.